The number of aromatic amines is 1. The van der Waals surface area contributed by atoms with Crippen LogP contribution in [0.2, 0.25) is 0 Å². The van der Waals surface area contributed by atoms with Crippen molar-refractivity contribution in [2.24, 2.45) is 5.92 Å². The van der Waals surface area contributed by atoms with E-state index in [2.05, 4.69) is 51.7 Å². The second kappa shape index (κ2) is 18.3. The van der Waals surface area contributed by atoms with Crippen molar-refractivity contribution in [1.29, 1.82) is 0 Å². The van der Waals surface area contributed by atoms with E-state index in [0.717, 1.165) is 34.1 Å². The number of pyridine rings is 1. The molecule has 3 aromatic heterocycles. The molecule has 0 saturated carbocycles. The van der Waals surface area contributed by atoms with Crippen LogP contribution in [-0.4, -0.2) is 112 Å². The van der Waals surface area contributed by atoms with Crippen molar-refractivity contribution in [3.63, 3.8) is 0 Å². The molecule has 4 heterocycles. The van der Waals surface area contributed by atoms with Gasteiger partial charge in [0.2, 0.25) is 23.6 Å². The number of aromatic nitrogens is 3. The predicted molar refractivity (Wildman–Crippen MR) is 207 cm³/mol. The van der Waals surface area contributed by atoms with E-state index < -0.39 is 35.8 Å². The molecule has 0 spiro atoms. The Morgan fingerprint density at radius 3 is 2.37 bits per heavy atom. The number of nitrogens with zero attached hydrogens (tertiary/aromatic N) is 5. The quantitative estimate of drug-likeness (QED) is 0.223. The van der Waals surface area contributed by atoms with Crippen LogP contribution in [0.5, 0.6) is 0 Å². The molecule has 0 saturated heterocycles. The normalized spacial score (nSPS) is 20.5. The molecule has 5 rings (SSSR count). The fourth-order valence-corrected chi connectivity index (χ4v) is 7.34. The highest BCUT2D eigenvalue weighted by Gasteiger charge is 2.30. The first-order valence-electron chi connectivity index (χ1n) is 18.4. The Morgan fingerprint density at radius 1 is 0.889 bits per heavy atom. The molecule has 1 aliphatic heterocycles. The molecule has 1 aliphatic rings. The summed E-state index contributed by atoms with van der Waals surface area (Å²) in [4.78, 5) is 85.2. The van der Waals surface area contributed by atoms with E-state index in [4.69, 9.17) is 0 Å². The first-order valence-corrected chi connectivity index (χ1v) is 19.2. The lowest BCUT2D eigenvalue weighted by atomic mass is 10.0. The van der Waals surface area contributed by atoms with Gasteiger partial charge in [-0.05, 0) is 48.9 Å². The summed E-state index contributed by atoms with van der Waals surface area (Å²) >= 11 is 1.27. The molecular formula is C39H51N9O5S. The van der Waals surface area contributed by atoms with Crippen molar-refractivity contribution in [2.45, 2.75) is 71.6 Å². The van der Waals surface area contributed by atoms with Crippen LogP contribution < -0.4 is 16.0 Å². The van der Waals surface area contributed by atoms with Gasteiger partial charge in [0.25, 0.3) is 5.91 Å². The topological polar surface area (TPSA) is 173 Å². The molecule has 0 unspecified atom stereocenters. The highest BCUT2D eigenvalue weighted by molar-refractivity contribution is 7.09. The molecule has 5 amide bonds. The monoisotopic (exact) mass is 757 g/mol. The minimum atomic E-state index is -1.04. The number of carbonyl (C=O) groups excluding carboxylic acids is 5. The number of fused-ring (bicyclic) bond motifs is 3. The zero-order valence-electron chi connectivity index (χ0n) is 31.8. The van der Waals surface area contributed by atoms with Gasteiger partial charge in [-0.25, -0.2) is 4.98 Å². The Labute approximate surface area is 320 Å². The number of carbonyl (C=O) groups is 5. The second-order valence-corrected chi connectivity index (χ2v) is 15.3. The average molecular weight is 758 g/mol. The molecule has 0 radical (unpaired) electrons. The fourth-order valence-electron chi connectivity index (χ4n) is 6.48. The van der Waals surface area contributed by atoms with Gasteiger partial charge in [-0.15, -0.1) is 11.3 Å². The van der Waals surface area contributed by atoms with Crippen LogP contribution in [0.4, 0.5) is 0 Å². The number of thiazole rings is 1. The highest BCUT2D eigenvalue weighted by atomic mass is 32.1. The summed E-state index contributed by atoms with van der Waals surface area (Å²) in [5.74, 6) is -1.91. The molecule has 54 heavy (non-hydrogen) atoms. The Bertz CT molecular complexity index is 1940. The fraction of sp³-hybridized carbons (Fsp3) is 0.462. The maximum atomic E-state index is 13.9. The summed E-state index contributed by atoms with van der Waals surface area (Å²) in [7, 11) is 3.14. The van der Waals surface area contributed by atoms with E-state index >= 15 is 0 Å². The molecule has 4 N–H and O–H groups in total. The van der Waals surface area contributed by atoms with Gasteiger partial charge >= 0.3 is 0 Å². The summed E-state index contributed by atoms with van der Waals surface area (Å²) in [6, 6.07) is 9.25. The Morgan fingerprint density at radius 2 is 1.65 bits per heavy atom. The summed E-state index contributed by atoms with van der Waals surface area (Å²) in [5, 5.41) is 11.8. The van der Waals surface area contributed by atoms with E-state index in [1.54, 1.807) is 25.5 Å². The van der Waals surface area contributed by atoms with Crippen LogP contribution in [0.25, 0.3) is 10.9 Å². The van der Waals surface area contributed by atoms with Gasteiger partial charge in [-0.3, -0.25) is 33.9 Å². The maximum absolute atomic E-state index is 13.9. The van der Waals surface area contributed by atoms with Gasteiger partial charge in [0.1, 0.15) is 22.8 Å². The number of likely N-dealkylation sites (N-methyl/N-ethyl adjacent to an activating group) is 2. The first-order chi connectivity index (χ1) is 25.8. The Kier molecular flexibility index (Phi) is 13.5. The van der Waals surface area contributed by atoms with Crippen LogP contribution in [0.3, 0.4) is 0 Å². The highest BCUT2D eigenvalue weighted by Crippen LogP contribution is 2.25. The number of amides is 5. The van der Waals surface area contributed by atoms with Gasteiger partial charge < -0.3 is 30.7 Å². The second-order valence-electron chi connectivity index (χ2n) is 14.4. The first kappa shape index (κ1) is 40.0. The number of aryl methyl sites for hydroxylation is 1. The van der Waals surface area contributed by atoms with Gasteiger partial charge in [0.05, 0.1) is 24.8 Å². The number of H-pyrrole nitrogens is 1. The third kappa shape index (κ3) is 10.5. The maximum Gasteiger partial charge on any atom is 0.271 e. The van der Waals surface area contributed by atoms with E-state index in [0.29, 0.717) is 24.5 Å². The van der Waals surface area contributed by atoms with E-state index in [-0.39, 0.29) is 49.5 Å². The predicted octanol–water partition coefficient (Wildman–Crippen LogP) is 3.06. The van der Waals surface area contributed by atoms with Gasteiger partial charge in [-0.2, -0.15) is 0 Å². The molecule has 288 valence electrons. The summed E-state index contributed by atoms with van der Waals surface area (Å²) in [6.07, 6.45) is 5.23. The molecular weight excluding hydrogens is 707 g/mol. The van der Waals surface area contributed by atoms with Crippen LogP contribution in [0, 0.1) is 5.92 Å². The van der Waals surface area contributed by atoms with Crippen molar-refractivity contribution in [1.82, 2.24) is 45.6 Å². The number of rotatable bonds is 7. The lowest BCUT2D eigenvalue weighted by Crippen LogP contribution is -2.53. The largest absolute Gasteiger partial charge is 0.361 e. The Hall–Kier alpha value is -5.15. The van der Waals surface area contributed by atoms with E-state index in [9.17, 15) is 24.0 Å². The van der Waals surface area contributed by atoms with Crippen LogP contribution in [0.1, 0.15) is 72.5 Å². The number of benzene rings is 1. The van der Waals surface area contributed by atoms with Crippen molar-refractivity contribution in [3.05, 3.63) is 81.7 Å². The smallest absolute Gasteiger partial charge is 0.271 e. The van der Waals surface area contributed by atoms with Crippen LogP contribution in [0.15, 0.2) is 54.2 Å². The summed E-state index contributed by atoms with van der Waals surface area (Å²) < 4.78 is 0. The van der Waals surface area contributed by atoms with Gasteiger partial charge in [0.15, 0.2) is 0 Å². The average Bonchev–Trinajstić information content (AvgIpc) is 3.80. The zero-order chi connectivity index (χ0) is 38.9. The van der Waals surface area contributed by atoms with Gasteiger partial charge in [0, 0.05) is 68.8 Å². The van der Waals surface area contributed by atoms with E-state index in [1.165, 1.54) is 28.2 Å². The third-order valence-corrected chi connectivity index (χ3v) is 10.4. The Balaban J connectivity index is 1.44. The molecule has 0 fully saturated rings. The minimum absolute atomic E-state index is 0.0306. The number of nitrogens with one attached hydrogen (secondary N) is 4. The molecule has 15 heteroatoms. The lowest BCUT2D eigenvalue weighted by molar-refractivity contribution is -0.138. The molecule has 1 aromatic carbocycles. The SMILES string of the molecule is CCc1ccc(CN2CCN(C)C(=O)[C@H](C)NC(=O)CN(C)C(=O)[C@@H](Cc3c[nH]c4ccccc34)NC(=O)c3csc(n3)[C@H](CC(C)C)NC(=O)C2)nc1. The molecule has 3 atom stereocenters. The number of hydrogen-bond acceptors (Lipinski definition) is 9. The number of para-hydroxylation sites is 1. The molecule has 4 aromatic rings. The molecule has 0 aliphatic carbocycles. The van der Waals surface area contributed by atoms with E-state index in [1.807, 2.05) is 47.5 Å². The minimum Gasteiger partial charge on any atom is -0.361 e. The standard InChI is InChI=1S/C39H51N9O5S/c1-7-26-12-13-28(40-18-26)20-48-15-14-46(5)38(52)25(4)42-34(49)21-47(6)39(53)32(17-27-19-41-30-11-9-8-10-29(27)30)44-36(51)33-23-54-37(45-33)31(16-24(2)3)43-35(50)22-48/h8-13,18-19,23-25,31-32,41H,7,14-17,20-22H2,1-6H3,(H,42,49)(H,43,50)(H,44,51)/t25-,31-,32+/m0/s1. The lowest BCUT2D eigenvalue weighted by Gasteiger charge is -2.28. The van der Waals surface area contributed by atoms with Crippen molar-refractivity contribution < 1.29 is 24.0 Å². The van der Waals surface area contributed by atoms with Crippen molar-refractivity contribution in [3.8, 4) is 0 Å². The van der Waals surface area contributed by atoms with Crippen LogP contribution >= 0.6 is 11.3 Å². The molecule has 14 nitrogen and oxygen atoms in total. The summed E-state index contributed by atoms with van der Waals surface area (Å²) in [6.45, 7) is 8.48. The van der Waals surface area contributed by atoms with Gasteiger partial charge in [-0.1, -0.05) is 45.0 Å². The number of hydrogen-bond donors (Lipinski definition) is 4. The van der Waals surface area contributed by atoms with Crippen LogP contribution in [-0.2, 0) is 38.6 Å². The molecule has 2 bridgehead atoms. The summed E-state index contributed by atoms with van der Waals surface area (Å²) in [5.41, 5.74) is 3.72. The zero-order valence-corrected chi connectivity index (χ0v) is 32.7. The third-order valence-electron chi connectivity index (χ3n) is 9.48. The van der Waals surface area contributed by atoms with Crippen molar-refractivity contribution in [2.75, 3.05) is 40.3 Å². The van der Waals surface area contributed by atoms with Crippen molar-refractivity contribution >= 4 is 51.8 Å².